The van der Waals surface area contributed by atoms with Crippen molar-refractivity contribution in [1.82, 2.24) is 10.2 Å². The number of halogens is 3. The molecule has 230 valence electrons. The third-order valence-corrected chi connectivity index (χ3v) is 10.6. The van der Waals surface area contributed by atoms with E-state index in [1.165, 1.54) is 35.2 Å². The van der Waals surface area contributed by atoms with Gasteiger partial charge in [-0.1, -0.05) is 96.9 Å². The zero-order chi connectivity index (χ0) is 31.1. The Morgan fingerprint density at radius 2 is 1.58 bits per heavy atom. The molecule has 11 heteroatoms. The van der Waals surface area contributed by atoms with E-state index < -0.39 is 28.5 Å². The number of rotatable bonds is 11. The molecule has 1 aliphatic rings. The number of benzene rings is 3. The molecule has 1 aliphatic carbocycles. The van der Waals surface area contributed by atoms with Crippen molar-refractivity contribution in [2.45, 2.75) is 75.9 Å². The summed E-state index contributed by atoms with van der Waals surface area (Å²) >= 11 is 18.9. The highest BCUT2D eigenvalue weighted by atomic mass is 35.5. The van der Waals surface area contributed by atoms with Gasteiger partial charge in [-0.05, 0) is 68.1 Å². The lowest BCUT2D eigenvalue weighted by molar-refractivity contribution is -0.140. The first kappa shape index (κ1) is 33.1. The van der Waals surface area contributed by atoms with Crippen LogP contribution < -0.4 is 9.62 Å². The second kappa shape index (κ2) is 14.8. The van der Waals surface area contributed by atoms with Gasteiger partial charge in [0.2, 0.25) is 11.8 Å². The Morgan fingerprint density at radius 1 is 0.907 bits per heavy atom. The highest BCUT2D eigenvalue weighted by Crippen LogP contribution is 2.31. The third kappa shape index (κ3) is 8.24. The van der Waals surface area contributed by atoms with Gasteiger partial charge < -0.3 is 10.2 Å². The summed E-state index contributed by atoms with van der Waals surface area (Å²) in [6.07, 6.45) is 5.33. The molecule has 3 aromatic carbocycles. The van der Waals surface area contributed by atoms with Gasteiger partial charge in [0.15, 0.2) is 0 Å². The zero-order valence-corrected chi connectivity index (χ0v) is 27.3. The van der Waals surface area contributed by atoms with Crippen molar-refractivity contribution in [1.29, 1.82) is 0 Å². The lowest BCUT2D eigenvalue weighted by Gasteiger charge is -2.34. The Labute approximate surface area is 269 Å². The summed E-state index contributed by atoms with van der Waals surface area (Å²) in [5, 5.41) is 3.96. The molecule has 0 bridgehead atoms. The number of hydrogen-bond acceptors (Lipinski definition) is 4. The van der Waals surface area contributed by atoms with E-state index in [1.807, 2.05) is 13.8 Å². The molecule has 0 spiro atoms. The first-order chi connectivity index (χ1) is 20.5. The lowest BCUT2D eigenvalue weighted by atomic mass is 9.95. The highest BCUT2D eigenvalue weighted by molar-refractivity contribution is 7.92. The number of carbonyl (C=O) groups excluding carboxylic acids is 2. The topological polar surface area (TPSA) is 86.8 Å². The monoisotopic (exact) mass is 663 g/mol. The molecule has 7 nitrogen and oxygen atoms in total. The number of nitrogens with one attached hydrogen (secondary N) is 1. The maximum Gasteiger partial charge on any atom is 0.264 e. The number of nitrogens with zero attached hydrogens (tertiary/aromatic N) is 2. The van der Waals surface area contributed by atoms with Gasteiger partial charge in [-0.3, -0.25) is 13.9 Å². The van der Waals surface area contributed by atoms with Crippen LogP contribution in [0, 0.1) is 6.92 Å². The summed E-state index contributed by atoms with van der Waals surface area (Å²) in [6.45, 7) is 3.13. The number of amides is 2. The molecule has 0 radical (unpaired) electrons. The molecule has 0 heterocycles. The molecule has 3 aromatic rings. The standard InChI is InChI=1S/C32H36Cl3N3O4S/c1-3-30(32(40)36-24-10-5-4-6-11-24)37(20-23-9-7-8-12-27(23)33)31(39)21-38(25-15-18-28(34)29(35)19-25)43(41,42)26-16-13-22(2)14-17-26/h7-9,12-19,24,30H,3-6,10-11,20-21H2,1-2H3,(H,36,40). The Balaban J connectivity index is 1.73. The van der Waals surface area contributed by atoms with Crippen molar-refractivity contribution in [2.75, 3.05) is 10.8 Å². The summed E-state index contributed by atoms with van der Waals surface area (Å²) in [7, 11) is -4.23. The summed E-state index contributed by atoms with van der Waals surface area (Å²) in [4.78, 5) is 29.3. The molecule has 1 fully saturated rings. The van der Waals surface area contributed by atoms with E-state index in [0.717, 1.165) is 42.0 Å². The summed E-state index contributed by atoms with van der Waals surface area (Å²) in [6, 6.07) is 17.0. The van der Waals surface area contributed by atoms with Crippen LogP contribution in [0.1, 0.15) is 56.6 Å². The van der Waals surface area contributed by atoms with Crippen LogP contribution in [0.3, 0.4) is 0 Å². The average molecular weight is 665 g/mol. The van der Waals surface area contributed by atoms with Crippen LogP contribution in [0.2, 0.25) is 15.1 Å². The number of sulfonamides is 1. The van der Waals surface area contributed by atoms with E-state index in [0.29, 0.717) is 17.0 Å². The smallest absolute Gasteiger partial charge is 0.264 e. The Morgan fingerprint density at radius 3 is 2.21 bits per heavy atom. The first-order valence-electron chi connectivity index (χ1n) is 14.4. The summed E-state index contributed by atoms with van der Waals surface area (Å²) in [5.41, 5.74) is 1.70. The summed E-state index contributed by atoms with van der Waals surface area (Å²) < 4.78 is 29.1. The van der Waals surface area contributed by atoms with Crippen molar-refractivity contribution in [2.24, 2.45) is 0 Å². The van der Waals surface area contributed by atoms with Gasteiger partial charge in [0.1, 0.15) is 12.6 Å². The van der Waals surface area contributed by atoms with Gasteiger partial charge in [-0.15, -0.1) is 0 Å². The second-order valence-electron chi connectivity index (χ2n) is 10.8. The Hall–Kier alpha value is -2.78. The first-order valence-corrected chi connectivity index (χ1v) is 17.0. The van der Waals surface area contributed by atoms with Crippen molar-refractivity contribution >= 4 is 62.3 Å². The molecule has 4 rings (SSSR count). The van der Waals surface area contributed by atoms with Crippen molar-refractivity contribution in [3.05, 3.63) is 92.9 Å². The normalized spacial score (nSPS) is 14.6. The highest BCUT2D eigenvalue weighted by Gasteiger charge is 2.35. The Kier molecular flexibility index (Phi) is 11.4. The van der Waals surface area contributed by atoms with Crippen LogP contribution in [0.25, 0.3) is 0 Å². The van der Waals surface area contributed by atoms with E-state index in [1.54, 1.807) is 36.4 Å². The van der Waals surface area contributed by atoms with Crippen molar-refractivity contribution < 1.29 is 18.0 Å². The molecule has 0 aliphatic heterocycles. The maximum absolute atomic E-state index is 14.3. The van der Waals surface area contributed by atoms with E-state index >= 15 is 0 Å². The van der Waals surface area contributed by atoms with Gasteiger partial charge in [0.25, 0.3) is 10.0 Å². The molecule has 43 heavy (non-hydrogen) atoms. The third-order valence-electron chi connectivity index (χ3n) is 7.72. The molecule has 0 aromatic heterocycles. The SMILES string of the molecule is CCC(C(=O)NC1CCCCC1)N(Cc1ccccc1Cl)C(=O)CN(c1ccc(Cl)c(Cl)c1)S(=O)(=O)c1ccc(C)cc1. The summed E-state index contributed by atoms with van der Waals surface area (Å²) in [5.74, 6) is -0.829. The number of anilines is 1. The molecule has 0 saturated heterocycles. The molecule has 2 amide bonds. The van der Waals surface area contributed by atoms with Gasteiger partial charge >= 0.3 is 0 Å². The molecule has 1 saturated carbocycles. The molecular weight excluding hydrogens is 629 g/mol. The molecule has 1 unspecified atom stereocenters. The molecular formula is C32H36Cl3N3O4S. The lowest BCUT2D eigenvalue weighted by Crippen LogP contribution is -2.54. The maximum atomic E-state index is 14.3. The van der Waals surface area contributed by atoms with Crippen LogP contribution in [-0.4, -0.2) is 43.8 Å². The van der Waals surface area contributed by atoms with Crippen LogP contribution in [-0.2, 0) is 26.2 Å². The van der Waals surface area contributed by atoms with E-state index in [9.17, 15) is 18.0 Å². The van der Waals surface area contributed by atoms with Crippen LogP contribution in [0.4, 0.5) is 5.69 Å². The van der Waals surface area contributed by atoms with E-state index in [-0.39, 0.29) is 39.1 Å². The fourth-order valence-electron chi connectivity index (χ4n) is 5.28. The average Bonchev–Trinajstić information content (AvgIpc) is 2.98. The Bertz CT molecular complexity index is 1540. The fourth-order valence-corrected chi connectivity index (χ4v) is 7.17. The van der Waals surface area contributed by atoms with Gasteiger partial charge in [-0.25, -0.2) is 8.42 Å². The number of carbonyl (C=O) groups is 2. The minimum absolute atomic E-state index is 0.0108. The van der Waals surface area contributed by atoms with E-state index in [4.69, 9.17) is 34.8 Å². The zero-order valence-electron chi connectivity index (χ0n) is 24.2. The number of hydrogen-bond donors (Lipinski definition) is 1. The van der Waals surface area contributed by atoms with Crippen LogP contribution >= 0.6 is 34.8 Å². The second-order valence-corrected chi connectivity index (χ2v) is 13.9. The predicted octanol–water partition coefficient (Wildman–Crippen LogP) is 7.41. The number of aryl methyl sites for hydroxylation is 1. The van der Waals surface area contributed by atoms with Gasteiger partial charge in [0, 0.05) is 17.6 Å². The van der Waals surface area contributed by atoms with Crippen molar-refractivity contribution in [3.8, 4) is 0 Å². The van der Waals surface area contributed by atoms with Crippen molar-refractivity contribution in [3.63, 3.8) is 0 Å². The minimum atomic E-state index is -4.23. The molecule has 1 atom stereocenters. The molecule has 1 N–H and O–H groups in total. The largest absolute Gasteiger partial charge is 0.352 e. The fraction of sp³-hybridized carbons (Fsp3) is 0.375. The van der Waals surface area contributed by atoms with Gasteiger partial charge in [-0.2, -0.15) is 0 Å². The minimum Gasteiger partial charge on any atom is -0.352 e. The van der Waals surface area contributed by atoms with Crippen LogP contribution in [0.5, 0.6) is 0 Å². The van der Waals surface area contributed by atoms with Gasteiger partial charge in [0.05, 0.1) is 20.6 Å². The van der Waals surface area contributed by atoms with E-state index in [2.05, 4.69) is 5.32 Å². The van der Waals surface area contributed by atoms with Crippen LogP contribution in [0.15, 0.2) is 71.6 Å². The predicted molar refractivity (Wildman–Crippen MR) is 173 cm³/mol. The quantitative estimate of drug-likeness (QED) is 0.231.